The third-order valence-corrected chi connectivity index (χ3v) is 3.29. The smallest absolute Gasteiger partial charge is 0.337 e. The monoisotopic (exact) mass is 255 g/mol. The molecule has 0 unspecified atom stereocenters. The molecule has 0 atom stereocenters. The standard InChI is InChI=1S/C16H17NO2/c1-3-11-5-6-13(7-12(11)4-2)14-8-15(16(18)19)10-17-9-14/h5-10H,3-4H2,1-2H3,(H,18,19). The van der Waals surface area contributed by atoms with E-state index in [0.29, 0.717) is 0 Å². The van der Waals surface area contributed by atoms with E-state index in [1.165, 1.54) is 17.3 Å². The molecule has 1 heterocycles. The Labute approximate surface area is 112 Å². The lowest BCUT2D eigenvalue weighted by Gasteiger charge is -2.09. The van der Waals surface area contributed by atoms with Gasteiger partial charge in [-0.2, -0.15) is 0 Å². The number of nitrogens with zero attached hydrogens (tertiary/aromatic N) is 1. The molecule has 1 N–H and O–H groups in total. The fourth-order valence-corrected chi connectivity index (χ4v) is 2.19. The molecule has 0 bridgehead atoms. The van der Waals surface area contributed by atoms with E-state index in [2.05, 4.69) is 31.0 Å². The van der Waals surface area contributed by atoms with E-state index in [-0.39, 0.29) is 5.56 Å². The van der Waals surface area contributed by atoms with E-state index < -0.39 is 5.97 Å². The number of carboxylic acids is 1. The summed E-state index contributed by atoms with van der Waals surface area (Å²) in [6, 6.07) is 7.93. The summed E-state index contributed by atoms with van der Waals surface area (Å²) in [5.41, 5.74) is 4.73. The Hall–Kier alpha value is -2.16. The highest BCUT2D eigenvalue weighted by molar-refractivity contribution is 5.88. The molecule has 0 aliphatic rings. The van der Waals surface area contributed by atoms with Gasteiger partial charge in [-0.3, -0.25) is 4.98 Å². The molecule has 3 nitrogen and oxygen atoms in total. The van der Waals surface area contributed by atoms with Crippen molar-refractivity contribution >= 4 is 5.97 Å². The van der Waals surface area contributed by atoms with Crippen molar-refractivity contribution in [3.63, 3.8) is 0 Å². The molecule has 0 radical (unpaired) electrons. The number of aromatic nitrogens is 1. The topological polar surface area (TPSA) is 50.2 Å². The molecule has 2 rings (SSSR count). The second-order valence-corrected chi connectivity index (χ2v) is 4.46. The van der Waals surface area contributed by atoms with Gasteiger partial charge in [0.25, 0.3) is 0 Å². The van der Waals surface area contributed by atoms with Gasteiger partial charge in [0, 0.05) is 18.0 Å². The summed E-state index contributed by atoms with van der Waals surface area (Å²) in [4.78, 5) is 15.0. The molecule has 3 heteroatoms. The number of rotatable bonds is 4. The van der Waals surface area contributed by atoms with Crippen LogP contribution in [0.3, 0.4) is 0 Å². The van der Waals surface area contributed by atoms with Gasteiger partial charge in [-0.15, -0.1) is 0 Å². The lowest BCUT2D eigenvalue weighted by atomic mass is 9.97. The Morgan fingerprint density at radius 1 is 1.05 bits per heavy atom. The number of hydrogen-bond acceptors (Lipinski definition) is 2. The lowest BCUT2D eigenvalue weighted by Crippen LogP contribution is -1.98. The normalized spacial score (nSPS) is 10.4. The predicted molar refractivity (Wildman–Crippen MR) is 75.4 cm³/mol. The fourth-order valence-electron chi connectivity index (χ4n) is 2.19. The number of carboxylic acid groups (broad SMARTS) is 1. The zero-order valence-corrected chi connectivity index (χ0v) is 11.2. The van der Waals surface area contributed by atoms with Gasteiger partial charge in [0.1, 0.15) is 0 Å². The maximum absolute atomic E-state index is 11.0. The van der Waals surface area contributed by atoms with Crippen LogP contribution in [0, 0.1) is 0 Å². The van der Waals surface area contributed by atoms with Gasteiger partial charge < -0.3 is 5.11 Å². The van der Waals surface area contributed by atoms with Gasteiger partial charge in [0.15, 0.2) is 0 Å². The van der Waals surface area contributed by atoms with Crippen molar-refractivity contribution < 1.29 is 9.90 Å². The molecule has 1 aromatic heterocycles. The van der Waals surface area contributed by atoms with Crippen LogP contribution in [0.25, 0.3) is 11.1 Å². The van der Waals surface area contributed by atoms with Crippen molar-refractivity contribution in [2.24, 2.45) is 0 Å². The Morgan fingerprint density at radius 2 is 1.79 bits per heavy atom. The minimum atomic E-state index is -0.949. The number of aryl methyl sites for hydroxylation is 2. The maximum atomic E-state index is 11.0. The van der Waals surface area contributed by atoms with Crippen LogP contribution in [0.1, 0.15) is 35.3 Å². The first-order chi connectivity index (χ1) is 9.15. The summed E-state index contributed by atoms with van der Waals surface area (Å²) in [5, 5.41) is 9.00. The van der Waals surface area contributed by atoms with Crippen molar-refractivity contribution in [3.8, 4) is 11.1 Å². The van der Waals surface area contributed by atoms with Crippen molar-refractivity contribution in [1.82, 2.24) is 4.98 Å². The number of aromatic carboxylic acids is 1. The maximum Gasteiger partial charge on any atom is 0.337 e. The van der Waals surface area contributed by atoms with Crippen LogP contribution in [-0.2, 0) is 12.8 Å². The van der Waals surface area contributed by atoms with E-state index in [9.17, 15) is 4.79 Å². The van der Waals surface area contributed by atoms with Gasteiger partial charge >= 0.3 is 5.97 Å². The zero-order valence-electron chi connectivity index (χ0n) is 11.2. The Morgan fingerprint density at radius 3 is 2.42 bits per heavy atom. The van der Waals surface area contributed by atoms with Crippen LogP contribution >= 0.6 is 0 Å². The Kier molecular flexibility index (Phi) is 3.95. The molecular formula is C16H17NO2. The highest BCUT2D eigenvalue weighted by Gasteiger charge is 2.07. The van der Waals surface area contributed by atoms with Gasteiger partial charge in [-0.25, -0.2) is 4.79 Å². The summed E-state index contributed by atoms with van der Waals surface area (Å²) in [6.07, 6.45) is 5.06. The zero-order chi connectivity index (χ0) is 13.8. The number of pyridine rings is 1. The molecule has 0 saturated heterocycles. The van der Waals surface area contributed by atoms with E-state index in [4.69, 9.17) is 5.11 Å². The number of benzene rings is 1. The summed E-state index contributed by atoms with van der Waals surface area (Å²) in [6.45, 7) is 4.27. The third-order valence-electron chi connectivity index (χ3n) is 3.29. The summed E-state index contributed by atoms with van der Waals surface area (Å²) < 4.78 is 0. The first-order valence-electron chi connectivity index (χ1n) is 6.46. The van der Waals surface area contributed by atoms with Gasteiger partial charge in [-0.05, 0) is 35.6 Å². The largest absolute Gasteiger partial charge is 0.478 e. The van der Waals surface area contributed by atoms with Crippen molar-refractivity contribution in [3.05, 3.63) is 53.3 Å². The van der Waals surface area contributed by atoms with Crippen molar-refractivity contribution in [2.75, 3.05) is 0 Å². The molecule has 1 aromatic carbocycles. The van der Waals surface area contributed by atoms with Crippen LogP contribution < -0.4 is 0 Å². The van der Waals surface area contributed by atoms with Crippen LogP contribution in [0.2, 0.25) is 0 Å². The highest BCUT2D eigenvalue weighted by Crippen LogP contribution is 2.23. The minimum absolute atomic E-state index is 0.218. The average Bonchev–Trinajstić information content (AvgIpc) is 2.46. The highest BCUT2D eigenvalue weighted by atomic mass is 16.4. The van der Waals surface area contributed by atoms with E-state index in [0.717, 1.165) is 24.0 Å². The van der Waals surface area contributed by atoms with Crippen LogP contribution in [0.4, 0.5) is 0 Å². The molecule has 98 valence electrons. The summed E-state index contributed by atoms with van der Waals surface area (Å²) in [5.74, 6) is -0.949. The second-order valence-electron chi connectivity index (χ2n) is 4.46. The van der Waals surface area contributed by atoms with Gasteiger partial charge in [0.05, 0.1) is 5.56 Å². The first-order valence-corrected chi connectivity index (χ1v) is 6.46. The van der Waals surface area contributed by atoms with Gasteiger partial charge in [-0.1, -0.05) is 32.0 Å². The van der Waals surface area contributed by atoms with E-state index in [1.54, 1.807) is 12.3 Å². The molecule has 0 aliphatic carbocycles. The van der Waals surface area contributed by atoms with E-state index in [1.807, 2.05) is 6.07 Å². The van der Waals surface area contributed by atoms with Crippen LogP contribution in [0.5, 0.6) is 0 Å². The van der Waals surface area contributed by atoms with Crippen molar-refractivity contribution in [1.29, 1.82) is 0 Å². The second kappa shape index (κ2) is 5.65. The lowest BCUT2D eigenvalue weighted by molar-refractivity contribution is 0.0696. The third kappa shape index (κ3) is 2.81. The predicted octanol–water partition coefficient (Wildman–Crippen LogP) is 3.57. The van der Waals surface area contributed by atoms with Crippen molar-refractivity contribution in [2.45, 2.75) is 26.7 Å². The average molecular weight is 255 g/mol. The molecular weight excluding hydrogens is 238 g/mol. The first kappa shape index (κ1) is 13.3. The van der Waals surface area contributed by atoms with E-state index >= 15 is 0 Å². The van der Waals surface area contributed by atoms with Crippen LogP contribution in [-0.4, -0.2) is 16.1 Å². The SMILES string of the molecule is CCc1ccc(-c2cncc(C(=O)O)c2)cc1CC. The molecule has 0 fully saturated rings. The number of hydrogen-bond donors (Lipinski definition) is 1. The quantitative estimate of drug-likeness (QED) is 0.908. The molecule has 2 aromatic rings. The molecule has 0 aliphatic heterocycles. The molecule has 0 spiro atoms. The molecule has 0 amide bonds. The summed E-state index contributed by atoms with van der Waals surface area (Å²) >= 11 is 0. The minimum Gasteiger partial charge on any atom is -0.478 e. The van der Waals surface area contributed by atoms with Crippen LogP contribution in [0.15, 0.2) is 36.7 Å². The fraction of sp³-hybridized carbons (Fsp3) is 0.250. The number of carbonyl (C=O) groups is 1. The Bertz CT molecular complexity index is 605. The van der Waals surface area contributed by atoms with Gasteiger partial charge in [0.2, 0.25) is 0 Å². The summed E-state index contributed by atoms with van der Waals surface area (Å²) in [7, 11) is 0. The molecule has 19 heavy (non-hydrogen) atoms. The Balaban J connectivity index is 2.47. The molecule has 0 saturated carbocycles.